The molecule has 9 heteroatoms. The first-order valence-electron chi connectivity index (χ1n) is 11.8. The number of nitrogens with one attached hydrogen (secondary N) is 1. The number of nitrogens with zero attached hydrogens (tertiary/aromatic N) is 2. The molecule has 0 bridgehead atoms. The fourth-order valence-electron chi connectivity index (χ4n) is 4.94. The van der Waals surface area contributed by atoms with Crippen molar-refractivity contribution in [3.63, 3.8) is 0 Å². The van der Waals surface area contributed by atoms with Crippen molar-refractivity contribution in [3.05, 3.63) is 66.0 Å². The van der Waals surface area contributed by atoms with Gasteiger partial charge in [0.2, 0.25) is 15.9 Å². The molecule has 0 radical (unpaired) electrons. The Balaban J connectivity index is 1.44. The maximum absolute atomic E-state index is 13.3. The van der Waals surface area contributed by atoms with Gasteiger partial charge in [0, 0.05) is 35.1 Å². The van der Waals surface area contributed by atoms with Gasteiger partial charge in [0.25, 0.3) is 5.91 Å². The summed E-state index contributed by atoms with van der Waals surface area (Å²) in [6.07, 6.45) is 2.79. The normalized spacial score (nSPS) is 17.9. The molecule has 0 aliphatic carbocycles. The molecule has 1 saturated heterocycles. The fourth-order valence-corrected chi connectivity index (χ4v) is 6.60. The lowest BCUT2D eigenvalue weighted by Gasteiger charge is -2.24. The standard InChI is InChI=1S/C26H26FN3O4S/c1-2-3-15-29-22-14-13-21(19-6-4-7-20(24(19)22)26(29)32)28-25(31)23-8-5-16-30(23)35(33,34)18-11-9-17(27)10-12-18/h4,6-7,9-14,23H,2-3,5,8,15-16H2,1H3,(H,28,31)/t23-/m1/s1. The van der Waals surface area contributed by atoms with E-state index >= 15 is 0 Å². The summed E-state index contributed by atoms with van der Waals surface area (Å²) in [7, 11) is -3.96. The number of carbonyl (C=O) groups excluding carboxylic acids is 2. The van der Waals surface area contributed by atoms with Crippen LogP contribution in [0.2, 0.25) is 0 Å². The van der Waals surface area contributed by atoms with Crippen LogP contribution in [0.5, 0.6) is 0 Å². The smallest absolute Gasteiger partial charge is 0.258 e. The Labute approximate surface area is 203 Å². The van der Waals surface area contributed by atoms with Crippen LogP contribution < -0.4 is 10.2 Å². The highest BCUT2D eigenvalue weighted by molar-refractivity contribution is 7.89. The minimum atomic E-state index is -3.96. The maximum atomic E-state index is 13.3. The number of sulfonamides is 1. The minimum Gasteiger partial charge on any atom is -0.324 e. The number of unbranched alkanes of at least 4 members (excludes halogenated alkanes) is 1. The molecular weight excluding hydrogens is 469 g/mol. The number of carbonyl (C=O) groups is 2. The highest BCUT2D eigenvalue weighted by Crippen LogP contribution is 2.41. The number of amides is 2. The van der Waals surface area contributed by atoms with Gasteiger partial charge < -0.3 is 10.2 Å². The summed E-state index contributed by atoms with van der Waals surface area (Å²) in [6.45, 7) is 2.91. The van der Waals surface area contributed by atoms with Crippen molar-refractivity contribution in [3.8, 4) is 0 Å². The third kappa shape index (κ3) is 3.98. The first-order chi connectivity index (χ1) is 16.8. The highest BCUT2D eigenvalue weighted by Gasteiger charge is 2.40. The second kappa shape index (κ2) is 9.05. The summed E-state index contributed by atoms with van der Waals surface area (Å²) in [5.41, 5.74) is 1.96. The van der Waals surface area contributed by atoms with Gasteiger partial charge in [0.05, 0.1) is 10.6 Å². The van der Waals surface area contributed by atoms with Gasteiger partial charge in [-0.2, -0.15) is 4.31 Å². The van der Waals surface area contributed by atoms with Crippen LogP contribution >= 0.6 is 0 Å². The van der Waals surface area contributed by atoms with Crippen molar-refractivity contribution < 1.29 is 22.4 Å². The van der Waals surface area contributed by atoms with Gasteiger partial charge in [-0.1, -0.05) is 25.5 Å². The van der Waals surface area contributed by atoms with E-state index in [0.717, 1.165) is 41.4 Å². The molecule has 2 heterocycles. The molecule has 0 unspecified atom stereocenters. The predicted octanol–water partition coefficient (Wildman–Crippen LogP) is 4.53. The van der Waals surface area contributed by atoms with Gasteiger partial charge in [-0.3, -0.25) is 9.59 Å². The number of hydrogen-bond acceptors (Lipinski definition) is 4. The summed E-state index contributed by atoms with van der Waals surface area (Å²) in [6, 6.07) is 12.8. The van der Waals surface area contributed by atoms with E-state index in [0.29, 0.717) is 30.6 Å². The van der Waals surface area contributed by atoms with Crippen molar-refractivity contribution >= 4 is 44.0 Å². The van der Waals surface area contributed by atoms with Gasteiger partial charge in [-0.05, 0) is 61.7 Å². The minimum absolute atomic E-state index is 0.0464. The number of anilines is 2. The zero-order valence-electron chi connectivity index (χ0n) is 19.3. The van der Waals surface area contributed by atoms with Crippen LogP contribution in [0.4, 0.5) is 15.8 Å². The van der Waals surface area contributed by atoms with E-state index in [1.165, 1.54) is 16.4 Å². The summed E-state index contributed by atoms with van der Waals surface area (Å²) in [4.78, 5) is 28.0. The lowest BCUT2D eigenvalue weighted by molar-refractivity contribution is -0.119. The zero-order valence-corrected chi connectivity index (χ0v) is 20.1. The third-order valence-corrected chi connectivity index (χ3v) is 8.63. The van der Waals surface area contributed by atoms with Gasteiger partial charge in [-0.15, -0.1) is 0 Å². The number of halogens is 1. The first-order valence-corrected chi connectivity index (χ1v) is 13.2. The second-order valence-corrected chi connectivity index (χ2v) is 10.8. The van der Waals surface area contributed by atoms with Crippen LogP contribution in [0, 0.1) is 5.82 Å². The molecule has 3 aromatic rings. The lowest BCUT2D eigenvalue weighted by atomic mass is 10.0. The molecule has 7 nitrogen and oxygen atoms in total. The van der Waals surface area contributed by atoms with Crippen LogP contribution in [0.15, 0.2) is 59.5 Å². The molecule has 3 aromatic carbocycles. The SMILES string of the molecule is CCCCN1C(=O)c2cccc3c(NC(=O)[C@H]4CCCN4S(=O)(=O)c4ccc(F)cc4)ccc1c23. The number of rotatable bonds is 7. The van der Waals surface area contributed by atoms with E-state index < -0.39 is 27.8 Å². The lowest BCUT2D eigenvalue weighted by Crippen LogP contribution is -2.43. The highest BCUT2D eigenvalue weighted by atomic mass is 32.2. The van der Waals surface area contributed by atoms with Crippen LogP contribution in [0.3, 0.4) is 0 Å². The van der Waals surface area contributed by atoms with Crippen molar-refractivity contribution in [2.24, 2.45) is 0 Å². The summed E-state index contributed by atoms with van der Waals surface area (Å²) < 4.78 is 40.8. The largest absolute Gasteiger partial charge is 0.324 e. The fraction of sp³-hybridized carbons (Fsp3) is 0.308. The Morgan fingerprint density at radius 2 is 1.89 bits per heavy atom. The van der Waals surface area contributed by atoms with Crippen LogP contribution in [0.25, 0.3) is 10.8 Å². The summed E-state index contributed by atoms with van der Waals surface area (Å²) in [5, 5.41) is 4.45. The van der Waals surface area contributed by atoms with Crippen LogP contribution in [-0.2, 0) is 14.8 Å². The van der Waals surface area contributed by atoms with E-state index in [1.807, 2.05) is 12.1 Å². The Hall–Kier alpha value is -3.30. The van der Waals surface area contributed by atoms with E-state index in [-0.39, 0.29) is 17.3 Å². The first kappa shape index (κ1) is 23.4. The molecule has 1 N–H and O–H groups in total. The molecule has 1 atom stereocenters. The predicted molar refractivity (Wildman–Crippen MR) is 132 cm³/mol. The van der Waals surface area contributed by atoms with Crippen molar-refractivity contribution in [1.82, 2.24) is 4.31 Å². The molecule has 0 spiro atoms. The van der Waals surface area contributed by atoms with E-state index in [4.69, 9.17) is 0 Å². The van der Waals surface area contributed by atoms with Crippen molar-refractivity contribution in [1.29, 1.82) is 0 Å². The van der Waals surface area contributed by atoms with Crippen LogP contribution in [-0.4, -0.2) is 43.7 Å². The van der Waals surface area contributed by atoms with Gasteiger partial charge >= 0.3 is 0 Å². The molecule has 5 rings (SSSR count). The summed E-state index contributed by atoms with van der Waals surface area (Å²) >= 11 is 0. The Morgan fingerprint density at radius 3 is 2.63 bits per heavy atom. The average Bonchev–Trinajstić information content (AvgIpc) is 3.45. The molecule has 0 aromatic heterocycles. The average molecular weight is 496 g/mol. The Bertz CT molecular complexity index is 1420. The second-order valence-electron chi connectivity index (χ2n) is 8.89. The molecule has 0 saturated carbocycles. The van der Waals surface area contributed by atoms with Crippen LogP contribution in [0.1, 0.15) is 43.0 Å². The number of benzene rings is 3. The molecule has 2 amide bonds. The molecular formula is C26H26FN3O4S. The Morgan fingerprint density at radius 1 is 1.11 bits per heavy atom. The van der Waals surface area contributed by atoms with Gasteiger partial charge in [0.1, 0.15) is 11.9 Å². The van der Waals surface area contributed by atoms with Crippen molar-refractivity contribution in [2.45, 2.75) is 43.5 Å². The van der Waals surface area contributed by atoms with E-state index in [9.17, 15) is 22.4 Å². The quantitative estimate of drug-likeness (QED) is 0.522. The third-order valence-electron chi connectivity index (χ3n) is 6.70. The molecule has 1 fully saturated rings. The Kier molecular flexibility index (Phi) is 6.06. The molecule has 182 valence electrons. The summed E-state index contributed by atoms with van der Waals surface area (Å²) in [5.74, 6) is -1.01. The maximum Gasteiger partial charge on any atom is 0.258 e. The van der Waals surface area contributed by atoms with Gasteiger partial charge in [0.15, 0.2) is 0 Å². The van der Waals surface area contributed by atoms with Crippen molar-refractivity contribution in [2.75, 3.05) is 23.3 Å². The van der Waals surface area contributed by atoms with E-state index in [2.05, 4.69) is 12.2 Å². The molecule has 2 aliphatic heterocycles. The van der Waals surface area contributed by atoms with Gasteiger partial charge in [-0.25, -0.2) is 12.8 Å². The zero-order chi connectivity index (χ0) is 24.7. The topological polar surface area (TPSA) is 86.8 Å². The monoisotopic (exact) mass is 495 g/mol. The number of hydrogen-bond donors (Lipinski definition) is 1. The molecule has 2 aliphatic rings. The molecule has 35 heavy (non-hydrogen) atoms. The van der Waals surface area contributed by atoms with E-state index in [1.54, 1.807) is 23.1 Å².